The molecule has 0 aliphatic carbocycles. The highest BCUT2D eigenvalue weighted by Gasteiger charge is 1.99. The Bertz CT molecular complexity index is 315. The molecule has 0 bridgehead atoms. The molecule has 0 saturated heterocycles. The lowest BCUT2D eigenvalue weighted by Crippen LogP contribution is -1.75. The van der Waals surface area contributed by atoms with E-state index in [-0.39, 0.29) is 0 Å². The summed E-state index contributed by atoms with van der Waals surface area (Å²) in [5.41, 5.74) is 0.824. The number of aromatic nitrogens is 2. The van der Waals surface area contributed by atoms with Crippen molar-refractivity contribution in [3.63, 3.8) is 0 Å². The number of benzene rings is 1. The van der Waals surface area contributed by atoms with Gasteiger partial charge in [-0.15, -0.1) is 10.2 Å². The summed E-state index contributed by atoms with van der Waals surface area (Å²) in [6.07, 6.45) is 1.30. The van der Waals surface area contributed by atoms with Crippen LogP contribution in [-0.2, 0) is 0 Å². The van der Waals surface area contributed by atoms with Gasteiger partial charge in [-0.2, -0.15) is 0 Å². The van der Waals surface area contributed by atoms with Crippen molar-refractivity contribution < 1.29 is 4.42 Å². The largest absolute Gasteiger partial charge is 0.423 e. The summed E-state index contributed by atoms with van der Waals surface area (Å²) in [7, 11) is 0. The minimum absolute atomic E-state index is 0.505. The van der Waals surface area contributed by atoms with Gasteiger partial charge in [0.15, 0.2) is 0 Å². The highest BCUT2D eigenvalue weighted by molar-refractivity contribution is 5.50. The van der Waals surface area contributed by atoms with Gasteiger partial charge in [0.1, 0.15) is 0 Å². The molecule has 0 aliphatic rings. The van der Waals surface area contributed by atoms with Gasteiger partial charge in [0.2, 0.25) is 12.3 Å². The van der Waals surface area contributed by atoms with E-state index in [1.54, 1.807) is 6.07 Å². The lowest BCUT2D eigenvalue weighted by atomic mass is 10.2. The zero-order chi connectivity index (χ0) is 7.52. The van der Waals surface area contributed by atoms with E-state index in [4.69, 9.17) is 4.42 Å². The highest BCUT2D eigenvalue weighted by Crippen LogP contribution is 2.13. The first-order valence-corrected chi connectivity index (χ1v) is 3.20. The van der Waals surface area contributed by atoms with E-state index >= 15 is 0 Å². The quantitative estimate of drug-likeness (QED) is 0.610. The smallest absolute Gasteiger partial charge is 0.248 e. The molecule has 0 amide bonds. The van der Waals surface area contributed by atoms with Crippen molar-refractivity contribution in [1.82, 2.24) is 10.2 Å². The minimum atomic E-state index is 0.505. The van der Waals surface area contributed by atoms with Gasteiger partial charge < -0.3 is 4.42 Å². The molecular weight excluding hydrogens is 140 g/mol. The molecule has 3 heteroatoms. The summed E-state index contributed by atoms with van der Waals surface area (Å²) >= 11 is 0. The minimum Gasteiger partial charge on any atom is -0.423 e. The molecule has 1 radical (unpaired) electrons. The predicted molar refractivity (Wildman–Crippen MR) is 38.6 cm³/mol. The van der Waals surface area contributed by atoms with Crippen LogP contribution >= 0.6 is 0 Å². The lowest BCUT2D eigenvalue weighted by molar-refractivity contribution is 0.568. The molecule has 1 heterocycles. The Labute approximate surface area is 63.7 Å². The van der Waals surface area contributed by atoms with Crippen molar-refractivity contribution in [2.24, 2.45) is 0 Å². The molecule has 53 valence electrons. The van der Waals surface area contributed by atoms with Gasteiger partial charge in [-0.1, -0.05) is 18.2 Å². The maximum Gasteiger partial charge on any atom is 0.248 e. The van der Waals surface area contributed by atoms with Gasteiger partial charge in [-0.25, -0.2) is 0 Å². The third-order valence-corrected chi connectivity index (χ3v) is 1.30. The van der Waals surface area contributed by atoms with Gasteiger partial charge in [0.25, 0.3) is 0 Å². The van der Waals surface area contributed by atoms with E-state index in [9.17, 15) is 0 Å². The van der Waals surface area contributed by atoms with Crippen LogP contribution in [0.25, 0.3) is 11.5 Å². The Morgan fingerprint density at radius 1 is 1.36 bits per heavy atom. The average molecular weight is 145 g/mol. The van der Waals surface area contributed by atoms with Crippen molar-refractivity contribution >= 4 is 0 Å². The Kier molecular flexibility index (Phi) is 1.41. The summed E-state index contributed by atoms with van der Waals surface area (Å²) in [5, 5.41) is 7.30. The van der Waals surface area contributed by atoms with Crippen molar-refractivity contribution in [3.8, 4) is 11.5 Å². The van der Waals surface area contributed by atoms with E-state index in [1.165, 1.54) is 6.39 Å². The Balaban J connectivity index is 2.46. The molecule has 0 aliphatic heterocycles. The normalized spacial score (nSPS) is 9.82. The molecular formula is C8H5N2O. The summed E-state index contributed by atoms with van der Waals surface area (Å²) in [6, 6.07) is 10.4. The summed E-state index contributed by atoms with van der Waals surface area (Å²) < 4.78 is 4.97. The van der Waals surface area contributed by atoms with Crippen LogP contribution in [0.1, 0.15) is 0 Å². The number of rotatable bonds is 1. The van der Waals surface area contributed by atoms with Crippen LogP contribution in [0.4, 0.5) is 0 Å². The molecule has 0 atom stereocenters. The first-order valence-electron chi connectivity index (χ1n) is 3.20. The second-order valence-electron chi connectivity index (χ2n) is 2.02. The monoisotopic (exact) mass is 145 g/mol. The third-order valence-electron chi connectivity index (χ3n) is 1.30. The van der Waals surface area contributed by atoms with E-state index in [0.717, 1.165) is 5.56 Å². The lowest BCUT2D eigenvalue weighted by Gasteiger charge is -1.88. The first kappa shape index (κ1) is 6.09. The number of hydrogen-bond donors (Lipinski definition) is 0. The van der Waals surface area contributed by atoms with Crippen LogP contribution in [0.2, 0.25) is 0 Å². The predicted octanol–water partition coefficient (Wildman–Crippen LogP) is 1.54. The molecule has 0 fully saturated rings. The molecule has 2 rings (SSSR count). The van der Waals surface area contributed by atoms with Crippen molar-refractivity contribution in [3.05, 3.63) is 36.7 Å². The van der Waals surface area contributed by atoms with Crippen molar-refractivity contribution in [2.45, 2.75) is 0 Å². The van der Waals surface area contributed by atoms with E-state index in [0.29, 0.717) is 5.89 Å². The zero-order valence-corrected chi connectivity index (χ0v) is 5.69. The average Bonchev–Trinajstić information content (AvgIpc) is 2.58. The van der Waals surface area contributed by atoms with Gasteiger partial charge in [0, 0.05) is 5.56 Å². The SMILES string of the molecule is [c]1ccccc1-c1nnco1. The number of nitrogens with zero attached hydrogens (tertiary/aromatic N) is 2. The molecule has 2 aromatic rings. The van der Waals surface area contributed by atoms with E-state index < -0.39 is 0 Å². The fraction of sp³-hybridized carbons (Fsp3) is 0. The molecule has 1 aromatic carbocycles. The van der Waals surface area contributed by atoms with Gasteiger partial charge in [-0.3, -0.25) is 0 Å². The van der Waals surface area contributed by atoms with Gasteiger partial charge in [-0.05, 0) is 12.1 Å². The van der Waals surface area contributed by atoms with Crippen LogP contribution in [0.5, 0.6) is 0 Å². The van der Waals surface area contributed by atoms with Crippen LogP contribution in [0.15, 0.2) is 35.1 Å². The molecule has 0 N–H and O–H groups in total. The summed E-state index contributed by atoms with van der Waals surface area (Å²) in [4.78, 5) is 0. The fourth-order valence-corrected chi connectivity index (χ4v) is 0.817. The fourth-order valence-electron chi connectivity index (χ4n) is 0.817. The summed E-state index contributed by atoms with van der Waals surface area (Å²) in [6.45, 7) is 0. The van der Waals surface area contributed by atoms with E-state index in [2.05, 4.69) is 16.3 Å². The van der Waals surface area contributed by atoms with Crippen molar-refractivity contribution in [2.75, 3.05) is 0 Å². The van der Waals surface area contributed by atoms with Crippen LogP contribution < -0.4 is 0 Å². The van der Waals surface area contributed by atoms with Crippen molar-refractivity contribution in [1.29, 1.82) is 0 Å². The second-order valence-corrected chi connectivity index (χ2v) is 2.02. The third kappa shape index (κ3) is 1.12. The molecule has 0 saturated carbocycles. The molecule has 3 nitrogen and oxygen atoms in total. The summed E-state index contributed by atoms with van der Waals surface area (Å²) in [5.74, 6) is 0.505. The second kappa shape index (κ2) is 2.54. The van der Waals surface area contributed by atoms with Crippen LogP contribution in [0.3, 0.4) is 0 Å². The highest BCUT2D eigenvalue weighted by atomic mass is 16.4. The molecule has 0 spiro atoms. The van der Waals surface area contributed by atoms with E-state index in [1.807, 2.05) is 18.2 Å². The van der Waals surface area contributed by atoms with Crippen LogP contribution in [-0.4, -0.2) is 10.2 Å². The van der Waals surface area contributed by atoms with Gasteiger partial charge >= 0.3 is 0 Å². The molecule has 11 heavy (non-hydrogen) atoms. The first-order chi connectivity index (χ1) is 5.47. The Morgan fingerprint density at radius 2 is 2.36 bits per heavy atom. The molecule has 0 unspecified atom stereocenters. The maximum atomic E-state index is 4.97. The Morgan fingerprint density at radius 3 is 3.00 bits per heavy atom. The Hall–Kier alpha value is -1.64. The van der Waals surface area contributed by atoms with Gasteiger partial charge in [0.05, 0.1) is 0 Å². The zero-order valence-electron chi connectivity index (χ0n) is 5.69. The molecule has 1 aromatic heterocycles. The maximum absolute atomic E-state index is 4.97. The number of hydrogen-bond acceptors (Lipinski definition) is 3. The standard InChI is InChI=1S/C8H5N2O/c1-2-4-7(5-3-1)8-10-9-6-11-8/h1-4,6H. The van der Waals surface area contributed by atoms with Crippen LogP contribution in [0, 0.1) is 6.07 Å². The topological polar surface area (TPSA) is 38.9 Å².